The van der Waals surface area contributed by atoms with Crippen molar-refractivity contribution >= 4 is 12.4 Å². The Kier molecular flexibility index (Phi) is 3.83. The predicted octanol–water partition coefficient (Wildman–Crippen LogP) is 1.25. The molecular formula is C12H16N2O3. The Morgan fingerprint density at radius 3 is 2.53 bits per heavy atom. The molecule has 0 bridgehead atoms. The summed E-state index contributed by atoms with van der Waals surface area (Å²) in [4.78, 5) is 27.9. The van der Waals surface area contributed by atoms with Gasteiger partial charge in [-0.25, -0.2) is 4.79 Å². The summed E-state index contributed by atoms with van der Waals surface area (Å²) in [7, 11) is 0. The standard InChI is InChI=1S/C12H16N2O3/c1-9(2)14(8-15)12(3,11(16)17)10-6-4-5-7-13-10/h4-9H,1-3H3,(H,16,17). The molecule has 92 valence electrons. The number of aliphatic carboxylic acids is 1. The van der Waals surface area contributed by atoms with Crippen molar-refractivity contribution in [2.75, 3.05) is 0 Å². The van der Waals surface area contributed by atoms with Gasteiger partial charge in [0, 0.05) is 12.2 Å². The van der Waals surface area contributed by atoms with Crippen molar-refractivity contribution in [3.63, 3.8) is 0 Å². The van der Waals surface area contributed by atoms with Gasteiger partial charge in [0.1, 0.15) is 0 Å². The van der Waals surface area contributed by atoms with E-state index in [-0.39, 0.29) is 6.04 Å². The maximum absolute atomic E-state index is 11.5. The van der Waals surface area contributed by atoms with Crippen molar-refractivity contribution in [2.45, 2.75) is 32.4 Å². The minimum absolute atomic E-state index is 0.226. The molecular weight excluding hydrogens is 220 g/mol. The lowest BCUT2D eigenvalue weighted by Gasteiger charge is -2.37. The first-order valence-electron chi connectivity index (χ1n) is 5.33. The van der Waals surface area contributed by atoms with Gasteiger partial charge in [-0.3, -0.25) is 9.78 Å². The fraction of sp³-hybridized carbons (Fsp3) is 0.417. The number of nitrogens with zero attached hydrogens (tertiary/aromatic N) is 2. The van der Waals surface area contributed by atoms with Crippen molar-refractivity contribution in [1.29, 1.82) is 0 Å². The molecule has 1 amide bonds. The quantitative estimate of drug-likeness (QED) is 0.781. The van der Waals surface area contributed by atoms with E-state index in [1.807, 2.05) is 0 Å². The van der Waals surface area contributed by atoms with Gasteiger partial charge in [-0.05, 0) is 32.9 Å². The van der Waals surface area contributed by atoms with Gasteiger partial charge in [0.2, 0.25) is 6.41 Å². The Morgan fingerprint density at radius 1 is 1.53 bits per heavy atom. The zero-order valence-electron chi connectivity index (χ0n) is 10.1. The molecule has 1 aromatic heterocycles. The third kappa shape index (κ3) is 2.27. The second kappa shape index (κ2) is 4.95. The molecule has 0 aliphatic rings. The Bertz CT molecular complexity index is 405. The predicted molar refractivity (Wildman–Crippen MR) is 62.3 cm³/mol. The molecule has 17 heavy (non-hydrogen) atoms. The molecule has 1 aromatic rings. The second-order valence-corrected chi connectivity index (χ2v) is 4.20. The number of carboxylic acid groups (broad SMARTS) is 1. The van der Waals surface area contributed by atoms with Crippen LogP contribution in [0.15, 0.2) is 24.4 Å². The van der Waals surface area contributed by atoms with Gasteiger partial charge in [0.05, 0.1) is 5.69 Å². The monoisotopic (exact) mass is 236 g/mol. The van der Waals surface area contributed by atoms with Crippen molar-refractivity contribution in [3.05, 3.63) is 30.1 Å². The molecule has 1 rings (SSSR count). The number of hydrogen-bond acceptors (Lipinski definition) is 3. The molecule has 0 fully saturated rings. The largest absolute Gasteiger partial charge is 0.479 e. The number of aromatic nitrogens is 1. The zero-order chi connectivity index (χ0) is 13.1. The first kappa shape index (κ1) is 13.2. The summed E-state index contributed by atoms with van der Waals surface area (Å²) >= 11 is 0. The molecule has 1 N–H and O–H groups in total. The van der Waals surface area contributed by atoms with E-state index in [0.717, 1.165) is 0 Å². The molecule has 0 spiro atoms. The maximum Gasteiger partial charge on any atom is 0.335 e. The lowest BCUT2D eigenvalue weighted by molar-refractivity contribution is -0.156. The number of carboxylic acids is 1. The minimum Gasteiger partial charge on any atom is -0.479 e. The fourth-order valence-corrected chi connectivity index (χ4v) is 1.75. The van der Waals surface area contributed by atoms with Crippen LogP contribution in [-0.4, -0.2) is 33.4 Å². The Balaban J connectivity index is 3.32. The van der Waals surface area contributed by atoms with Crippen LogP contribution < -0.4 is 0 Å². The minimum atomic E-state index is -1.45. The van der Waals surface area contributed by atoms with E-state index < -0.39 is 11.5 Å². The van der Waals surface area contributed by atoms with Gasteiger partial charge in [0.15, 0.2) is 5.54 Å². The van der Waals surface area contributed by atoms with Crippen LogP contribution in [0.3, 0.4) is 0 Å². The molecule has 5 heteroatoms. The van der Waals surface area contributed by atoms with Crippen molar-refractivity contribution < 1.29 is 14.7 Å². The SMILES string of the molecule is CC(C)N(C=O)C(C)(C(=O)O)c1ccccn1. The molecule has 0 aliphatic heterocycles. The second-order valence-electron chi connectivity index (χ2n) is 4.20. The third-order valence-electron chi connectivity index (χ3n) is 2.77. The van der Waals surface area contributed by atoms with Crippen LogP contribution in [0, 0.1) is 0 Å². The molecule has 0 aromatic carbocycles. The number of carbonyl (C=O) groups excluding carboxylic acids is 1. The van der Waals surface area contributed by atoms with E-state index in [9.17, 15) is 14.7 Å². The highest BCUT2D eigenvalue weighted by Gasteiger charge is 2.43. The lowest BCUT2D eigenvalue weighted by Crippen LogP contribution is -2.52. The van der Waals surface area contributed by atoms with Gasteiger partial charge in [-0.15, -0.1) is 0 Å². The number of hydrogen-bond donors (Lipinski definition) is 1. The number of amides is 1. The van der Waals surface area contributed by atoms with E-state index >= 15 is 0 Å². The summed E-state index contributed by atoms with van der Waals surface area (Å²) in [5.41, 5.74) is -1.11. The summed E-state index contributed by atoms with van der Waals surface area (Å²) in [6.45, 7) is 5.00. The molecule has 1 atom stereocenters. The topological polar surface area (TPSA) is 70.5 Å². The molecule has 1 unspecified atom stereocenters. The summed E-state index contributed by atoms with van der Waals surface area (Å²) in [5, 5.41) is 9.40. The van der Waals surface area contributed by atoms with E-state index in [0.29, 0.717) is 12.1 Å². The normalized spacial score (nSPS) is 14.1. The zero-order valence-corrected chi connectivity index (χ0v) is 10.1. The molecule has 5 nitrogen and oxygen atoms in total. The average molecular weight is 236 g/mol. The van der Waals surface area contributed by atoms with Crippen molar-refractivity contribution in [2.24, 2.45) is 0 Å². The van der Waals surface area contributed by atoms with Gasteiger partial charge in [-0.1, -0.05) is 6.07 Å². The van der Waals surface area contributed by atoms with E-state index in [1.54, 1.807) is 32.0 Å². The van der Waals surface area contributed by atoms with Crippen LogP contribution >= 0.6 is 0 Å². The van der Waals surface area contributed by atoms with E-state index in [4.69, 9.17) is 0 Å². The Morgan fingerprint density at radius 2 is 2.18 bits per heavy atom. The lowest BCUT2D eigenvalue weighted by atomic mass is 9.94. The summed E-state index contributed by atoms with van der Waals surface area (Å²) in [5.74, 6) is -1.10. The third-order valence-corrected chi connectivity index (χ3v) is 2.77. The molecule has 0 saturated carbocycles. The van der Waals surface area contributed by atoms with Gasteiger partial charge in [0.25, 0.3) is 0 Å². The average Bonchev–Trinajstić information content (AvgIpc) is 2.30. The van der Waals surface area contributed by atoms with Gasteiger partial charge in [-0.2, -0.15) is 0 Å². The van der Waals surface area contributed by atoms with Crippen LogP contribution in [-0.2, 0) is 15.1 Å². The Labute approximate surface area is 100 Å². The van der Waals surface area contributed by atoms with Crippen LogP contribution in [0.1, 0.15) is 26.5 Å². The van der Waals surface area contributed by atoms with E-state index in [2.05, 4.69) is 4.98 Å². The fourth-order valence-electron chi connectivity index (χ4n) is 1.75. The maximum atomic E-state index is 11.5. The van der Waals surface area contributed by atoms with Crippen LogP contribution in [0.5, 0.6) is 0 Å². The highest BCUT2D eigenvalue weighted by atomic mass is 16.4. The number of rotatable bonds is 5. The van der Waals surface area contributed by atoms with Gasteiger partial charge >= 0.3 is 5.97 Å². The smallest absolute Gasteiger partial charge is 0.335 e. The number of carbonyl (C=O) groups is 2. The number of pyridine rings is 1. The van der Waals surface area contributed by atoms with Gasteiger partial charge < -0.3 is 10.0 Å². The van der Waals surface area contributed by atoms with E-state index in [1.165, 1.54) is 18.0 Å². The first-order chi connectivity index (χ1) is 7.94. The molecule has 0 aliphatic carbocycles. The summed E-state index contributed by atoms with van der Waals surface area (Å²) in [6.07, 6.45) is 2.06. The first-order valence-corrected chi connectivity index (χ1v) is 5.33. The molecule has 0 radical (unpaired) electrons. The summed E-state index contributed by atoms with van der Waals surface area (Å²) < 4.78 is 0. The molecule has 0 saturated heterocycles. The van der Waals surface area contributed by atoms with Crippen LogP contribution in [0.4, 0.5) is 0 Å². The Hall–Kier alpha value is -1.91. The van der Waals surface area contributed by atoms with Crippen LogP contribution in [0.25, 0.3) is 0 Å². The molecule has 1 heterocycles. The van der Waals surface area contributed by atoms with Crippen molar-refractivity contribution in [3.8, 4) is 0 Å². The van der Waals surface area contributed by atoms with Crippen LogP contribution in [0.2, 0.25) is 0 Å². The highest BCUT2D eigenvalue weighted by Crippen LogP contribution is 2.27. The van der Waals surface area contributed by atoms with Crippen molar-refractivity contribution in [1.82, 2.24) is 9.88 Å². The summed E-state index contributed by atoms with van der Waals surface area (Å²) in [6, 6.07) is 4.78. The highest BCUT2D eigenvalue weighted by molar-refractivity contribution is 5.82.